The molecule has 3 aliphatic carbocycles. The summed E-state index contributed by atoms with van der Waals surface area (Å²) >= 11 is 0. The minimum atomic E-state index is 0.411. The Morgan fingerprint density at radius 2 is 1.78 bits per heavy atom. The first kappa shape index (κ1) is 18.5. The quantitative estimate of drug-likeness (QED) is 0.508. The van der Waals surface area contributed by atoms with Gasteiger partial charge in [0.2, 0.25) is 0 Å². The minimum absolute atomic E-state index is 0.411. The molecule has 2 saturated carbocycles. The summed E-state index contributed by atoms with van der Waals surface area (Å²) in [5.41, 5.74) is 2.80. The molecule has 1 saturated heterocycles. The SMILES string of the molecule is CC(C)C(C)C1C(C2CCCC2)=CC2C3C=CCCC3C3(C)CCC3(C)N21. The second kappa shape index (κ2) is 6.22. The van der Waals surface area contributed by atoms with Gasteiger partial charge < -0.3 is 0 Å². The largest absolute Gasteiger partial charge is 0.283 e. The maximum atomic E-state index is 3.10. The standard InChI is InChI=1S/C26H41N/c1-17(2)18(3)24-21(19-10-6-7-11-19)16-23-20-12-8-9-13-22(20)25(4)14-15-26(25,5)27(23)24/h8,12,16-20,22-24H,6-7,9-11,13-15H2,1-5H3. The van der Waals surface area contributed by atoms with E-state index < -0.39 is 0 Å². The zero-order valence-electron chi connectivity index (χ0n) is 18.4. The zero-order chi connectivity index (χ0) is 19.0. The maximum Gasteiger partial charge on any atom is 0.0358 e. The van der Waals surface area contributed by atoms with E-state index >= 15 is 0 Å². The van der Waals surface area contributed by atoms with E-state index in [0.717, 1.165) is 29.6 Å². The van der Waals surface area contributed by atoms with Gasteiger partial charge in [0.25, 0.3) is 0 Å². The van der Waals surface area contributed by atoms with Crippen LogP contribution in [0.2, 0.25) is 0 Å². The second-order valence-electron chi connectivity index (χ2n) is 11.5. The Bertz CT molecular complexity index is 653. The highest BCUT2D eigenvalue weighted by Crippen LogP contribution is 2.68. The molecule has 7 unspecified atom stereocenters. The van der Waals surface area contributed by atoms with Gasteiger partial charge in [-0.1, -0.05) is 64.3 Å². The Morgan fingerprint density at radius 1 is 1.04 bits per heavy atom. The molecule has 0 aromatic rings. The van der Waals surface area contributed by atoms with Crippen LogP contribution < -0.4 is 0 Å². The van der Waals surface area contributed by atoms with Crippen LogP contribution in [0.25, 0.3) is 0 Å². The maximum absolute atomic E-state index is 3.10. The molecule has 0 amide bonds. The molecule has 3 fully saturated rings. The van der Waals surface area contributed by atoms with Gasteiger partial charge in [-0.2, -0.15) is 0 Å². The minimum Gasteiger partial charge on any atom is -0.283 e. The van der Waals surface area contributed by atoms with Gasteiger partial charge in [-0.3, -0.25) is 4.90 Å². The van der Waals surface area contributed by atoms with Crippen molar-refractivity contribution >= 4 is 0 Å². The third-order valence-corrected chi connectivity index (χ3v) is 10.3. The number of nitrogens with zero attached hydrogens (tertiary/aromatic N) is 1. The number of piperidine rings is 1. The summed E-state index contributed by atoms with van der Waals surface area (Å²) in [5, 5.41) is 0. The topological polar surface area (TPSA) is 3.24 Å². The number of hydrogen-bond donors (Lipinski definition) is 0. The number of allylic oxidation sites excluding steroid dienone is 1. The summed E-state index contributed by atoms with van der Waals surface area (Å²) in [5.74, 6) is 4.05. The molecule has 1 heteroatoms. The molecule has 7 atom stereocenters. The van der Waals surface area contributed by atoms with Gasteiger partial charge in [-0.15, -0.1) is 0 Å². The highest BCUT2D eigenvalue weighted by Gasteiger charge is 2.68. The highest BCUT2D eigenvalue weighted by molar-refractivity contribution is 5.36. The molecule has 27 heavy (non-hydrogen) atoms. The first-order valence-electron chi connectivity index (χ1n) is 12.1. The van der Waals surface area contributed by atoms with Gasteiger partial charge in [0.15, 0.2) is 0 Å². The van der Waals surface area contributed by atoms with E-state index in [1.807, 2.05) is 5.57 Å². The summed E-state index contributed by atoms with van der Waals surface area (Å²) in [7, 11) is 0. The van der Waals surface area contributed by atoms with Crippen LogP contribution in [-0.4, -0.2) is 22.5 Å². The van der Waals surface area contributed by atoms with Crippen molar-refractivity contribution in [3.63, 3.8) is 0 Å². The van der Waals surface area contributed by atoms with Crippen molar-refractivity contribution in [2.24, 2.45) is 35.0 Å². The lowest BCUT2D eigenvalue weighted by Crippen LogP contribution is -2.75. The Morgan fingerprint density at radius 3 is 2.41 bits per heavy atom. The van der Waals surface area contributed by atoms with Crippen molar-refractivity contribution in [1.29, 1.82) is 0 Å². The van der Waals surface area contributed by atoms with Crippen LogP contribution in [-0.2, 0) is 0 Å². The monoisotopic (exact) mass is 367 g/mol. The number of hydrogen-bond acceptors (Lipinski definition) is 1. The Hall–Kier alpha value is -0.560. The fraction of sp³-hybridized carbons (Fsp3) is 0.846. The van der Waals surface area contributed by atoms with Gasteiger partial charge in [0.05, 0.1) is 0 Å². The van der Waals surface area contributed by atoms with Crippen molar-refractivity contribution < 1.29 is 0 Å². The van der Waals surface area contributed by atoms with Gasteiger partial charge in [-0.05, 0) is 80.5 Å². The lowest BCUT2D eigenvalue weighted by atomic mass is 9.43. The normalized spacial score (nSPS) is 48.0. The molecule has 2 aliphatic heterocycles. The van der Waals surface area contributed by atoms with Gasteiger partial charge >= 0.3 is 0 Å². The van der Waals surface area contributed by atoms with Crippen LogP contribution in [0.4, 0.5) is 0 Å². The van der Waals surface area contributed by atoms with Crippen molar-refractivity contribution in [2.45, 2.75) is 104 Å². The van der Waals surface area contributed by atoms with Gasteiger partial charge in [0.1, 0.15) is 0 Å². The molecule has 5 rings (SSSR count). The third kappa shape index (κ3) is 2.33. The number of rotatable bonds is 3. The second-order valence-corrected chi connectivity index (χ2v) is 11.5. The predicted octanol–water partition coefficient (Wildman–Crippen LogP) is 6.60. The fourth-order valence-electron chi connectivity index (χ4n) is 8.05. The zero-order valence-corrected chi connectivity index (χ0v) is 18.4. The van der Waals surface area contributed by atoms with E-state index in [2.05, 4.69) is 57.7 Å². The molecule has 0 N–H and O–H groups in total. The van der Waals surface area contributed by atoms with E-state index in [0.29, 0.717) is 23.0 Å². The molecule has 1 nitrogen and oxygen atoms in total. The van der Waals surface area contributed by atoms with Crippen LogP contribution in [0.3, 0.4) is 0 Å². The van der Waals surface area contributed by atoms with E-state index in [9.17, 15) is 0 Å². The van der Waals surface area contributed by atoms with E-state index in [1.54, 1.807) is 0 Å². The fourth-order valence-corrected chi connectivity index (χ4v) is 8.05. The molecule has 150 valence electrons. The first-order chi connectivity index (χ1) is 12.9. The van der Waals surface area contributed by atoms with E-state index in [-0.39, 0.29) is 0 Å². The van der Waals surface area contributed by atoms with Crippen LogP contribution in [0, 0.1) is 35.0 Å². The number of fused-ring (bicyclic) bond motifs is 6. The van der Waals surface area contributed by atoms with Gasteiger partial charge in [-0.25, -0.2) is 0 Å². The summed E-state index contributed by atoms with van der Waals surface area (Å²) in [6.07, 6.45) is 19.4. The lowest BCUT2D eigenvalue weighted by Gasteiger charge is -2.72. The Labute approximate surface area is 167 Å². The molecule has 2 heterocycles. The summed E-state index contributed by atoms with van der Waals surface area (Å²) in [6, 6.07) is 1.37. The summed E-state index contributed by atoms with van der Waals surface area (Å²) in [6.45, 7) is 12.8. The molecular formula is C26H41N. The molecular weight excluding hydrogens is 326 g/mol. The van der Waals surface area contributed by atoms with Gasteiger partial charge in [0, 0.05) is 17.6 Å². The van der Waals surface area contributed by atoms with Crippen LogP contribution in [0.5, 0.6) is 0 Å². The van der Waals surface area contributed by atoms with Crippen molar-refractivity contribution in [3.05, 3.63) is 23.8 Å². The molecule has 0 spiro atoms. The van der Waals surface area contributed by atoms with Crippen molar-refractivity contribution in [1.82, 2.24) is 4.90 Å². The smallest absolute Gasteiger partial charge is 0.0358 e. The van der Waals surface area contributed by atoms with Crippen molar-refractivity contribution in [3.8, 4) is 0 Å². The Balaban J connectivity index is 1.62. The van der Waals surface area contributed by atoms with Crippen LogP contribution in [0.15, 0.2) is 23.8 Å². The molecule has 0 aromatic carbocycles. The van der Waals surface area contributed by atoms with E-state index in [1.165, 1.54) is 51.4 Å². The first-order valence-corrected chi connectivity index (χ1v) is 12.1. The lowest BCUT2D eigenvalue weighted by molar-refractivity contribution is -0.210. The van der Waals surface area contributed by atoms with Crippen LogP contribution in [0.1, 0.15) is 86.0 Å². The summed E-state index contributed by atoms with van der Waals surface area (Å²) < 4.78 is 0. The van der Waals surface area contributed by atoms with E-state index in [4.69, 9.17) is 0 Å². The average Bonchev–Trinajstić information content (AvgIpc) is 3.32. The molecule has 0 bridgehead atoms. The van der Waals surface area contributed by atoms with Crippen LogP contribution >= 0.6 is 0 Å². The molecule has 0 aromatic heterocycles. The molecule has 5 aliphatic rings. The van der Waals surface area contributed by atoms with Crippen molar-refractivity contribution in [2.75, 3.05) is 0 Å². The third-order valence-electron chi connectivity index (χ3n) is 10.3. The highest BCUT2D eigenvalue weighted by atomic mass is 15.3. The predicted molar refractivity (Wildman–Crippen MR) is 115 cm³/mol. The average molecular weight is 368 g/mol. The summed E-state index contributed by atoms with van der Waals surface area (Å²) in [4.78, 5) is 3.10. The Kier molecular flexibility index (Phi) is 4.25. The molecule has 0 radical (unpaired) electrons.